The zero-order chi connectivity index (χ0) is 18.4. The minimum atomic E-state index is -0.266. The first-order valence-corrected chi connectivity index (χ1v) is 7.93. The Labute approximate surface area is 150 Å². The third-order valence-electron chi connectivity index (χ3n) is 3.68. The van der Waals surface area contributed by atoms with Crippen LogP contribution in [0.15, 0.2) is 73.1 Å². The number of hydrogen-bond acceptors (Lipinski definition) is 4. The van der Waals surface area contributed by atoms with Crippen molar-refractivity contribution in [3.63, 3.8) is 0 Å². The van der Waals surface area contributed by atoms with Crippen LogP contribution in [0.4, 0.5) is 11.4 Å². The summed E-state index contributed by atoms with van der Waals surface area (Å²) >= 11 is 0. The van der Waals surface area contributed by atoms with Gasteiger partial charge >= 0.3 is 0 Å². The van der Waals surface area contributed by atoms with Gasteiger partial charge < -0.3 is 15.4 Å². The fourth-order valence-electron chi connectivity index (χ4n) is 2.37. The number of aromatic nitrogens is 1. The molecule has 6 heteroatoms. The Morgan fingerprint density at radius 2 is 1.50 bits per heavy atom. The second-order valence-corrected chi connectivity index (χ2v) is 5.43. The maximum absolute atomic E-state index is 12.4. The topological polar surface area (TPSA) is 80.3 Å². The van der Waals surface area contributed by atoms with Crippen LogP contribution >= 0.6 is 0 Å². The number of nitrogens with one attached hydrogen (secondary N) is 2. The third kappa shape index (κ3) is 4.05. The number of nitrogens with zero attached hydrogens (tertiary/aromatic N) is 1. The van der Waals surface area contributed by atoms with Crippen LogP contribution in [-0.2, 0) is 0 Å². The van der Waals surface area contributed by atoms with E-state index in [0.29, 0.717) is 28.3 Å². The van der Waals surface area contributed by atoms with E-state index in [1.165, 1.54) is 7.11 Å². The first kappa shape index (κ1) is 17.2. The van der Waals surface area contributed by atoms with Gasteiger partial charge in [0.15, 0.2) is 0 Å². The minimum absolute atomic E-state index is 0.262. The summed E-state index contributed by atoms with van der Waals surface area (Å²) < 4.78 is 5.29. The van der Waals surface area contributed by atoms with Gasteiger partial charge in [0.25, 0.3) is 11.8 Å². The highest BCUT2D eigenvalue weighted by molar-refractivity contribution is 6.07. The smallest absolute Gasteiger partial charge is 0.255 e. The van der Waals surface area contributed by atoms with Crippen LogP contribution in [-0.4, -0.2) is 23.9 Å². The lowest BCUT2D eigenvalue weighted by atomic mass is 10.2. The maximum atomic E-state index is 12.4. The molecule has 0 bridgehead atoms. The van der Waals surface area contributed by atoms with Gasteiger partial charge in [-0.15, -0.1) is 0 Å². The summed E-state index contributed by atoms with van der Waals surface area (Å²) in [5.41, 5.74) is 2.02. The van der Waals surface area contributed by atoms with Gasteiger partial charge in [-0.2, -0.15) is 0 Å². The standard InChI is InChI=1S/C20H17N3O3/c1-26-18-8-7-16(22-19(24)15-9-11-21-12-10-15)13-17(18)23-20(25)14-5-3-2-4-6-14/h2-13H,1H3,(H,22,24)(H,23,25). The van der Waals surface area contributed by atoms with Crippen LogP contribution in [0.5, 0.6) is 5.75 Å². The molecule has 6 nitrogen and oxygen atoms in total. The second-order valence-electron chi connectivity index (χ2n) is 5.43. The molecule has 2 aromatic carbocycles. The normalized spacial score (nSPS) is 10.0. The Bertz CT molecular complexity index is 912. The fraction of sp³-hybridized carbons (Fsp3) is 0.0500. The average molecular weight is 347 g/mol. The highest BCUT2D eigenvalue weighted by Gasteiger charge is 2.12. The van der Waals surface area contributed by atoms with Crippen LogP contribution in [0.1, 0.15) is 20.7 Å². The van der Waals surface area contributed by atoms with Gasteiger partial charge in [0.05, 0.1) is 12.8 Å². The molecule has 1 aromatic heterocycles. The molecular formula is C20H17N3O3. The number of hydrogen-bond donors (Lipinski definition) is 2. The molecule has 0 saturated carbocycles. The predicted molar refractivity (Wildman–Crippen MR) is 99.6 cm³/mol. The van der Waals surface area contributed by atoms with Crippen molar-refractivity contribution >= 4 is 23.2 Å². The number of amides is 2. The predicted octanol–water partition coefficient (Wildman–Crippen LogP) is 3.59. The average Bonchev–Trinajstić information content (AvgIpc) is 2.69. The first-order chi connectivity index (χ1) is 12.7. The molecule has 0 unspecified atom stereocenters. The van der Waals surface area contributed by atoms with Crippen molar-refractivity contribution in [3.8, 4) is 5.75 Å². The van der Waals surface area contributed by atoms with E-state index in [1.54, 1.807) is 67.0 Å². The molecule has 26 heavy (non-hydrogen) atoms. The Balaban J connectivity index is 1.80. The van der Waals surface area contributed by atoms with E-state index in [0.717, 1.165) is 0 Å². The molecule has 2 amide bonds. The molecule has 130 valence electrons. The zero-order valence-corrected chi connectivity index (χ0v) is 14.1. The maximum Gasteiger partial charge on any atom is 0.255 e. The molecule has 0 aliphatic rings. The monoisotopic (exact) mass is 347 g/mol. The number of anilines is 2. The summed E-state index contributed by atoms with van der Waals surface area (Å²) in [7, 11) is 1.52. The van der Waals surface area contributed by atoms with Crippen LogP contribution < -0.4 is 15.4 Å². The largest absolute Gasteiger partial charge is 0.495 e. The van der Waals surface area contributed by atoms with Crippen LogP contribution in [0.25, 0.3) is 0 Å². The first-order valence-electron chi connectivity index (χ1n) is 7.93. The van der Waals surface area contributed by atoms with Gasteiger partial charge in [0.2, 0.25) is 0 Å². The lowest BCUT2D eigenvalue weighted by Gasteiger charge is -2.13. The summed E-state index contributed by atoms with van der Waals surface area (Å²) in [5.74, 6) is -0.0318. The molecule has 0 spiro atoms. The number of methoxy groups -OCH3 is 1. The van der Waals surface area contributed by atoms with Gasteiger partial charge in [0.1, 0.15) is 5.75 Å². The van der Waals surface area contributed by atoms with Gasteiger partial charge in [-0.05, 0) is 42.5 Å². The van der Waals surface area contributed by atoms with E-state index in [2.05, 4.69) is 15.6 Å². The summed E-state index contributed by atoms with van der Waals surface area (Å²) in [6.07, 6.45) is 3.10. The van der Waals surface area contributed by atoms with E-state index in [-0.39, 0.29) is 11.8 Å². The molecule has 0 radical (unpaired) electrons. The number of ether oxygens (including phenoxy) is 1. The van der Waals surface area contributed by atoms with Crippen molar-refractivity contribution in [2.24, 2.45) is 0 Å². The summed E-state index contributed by atoms with van der Waals surface area (Å²) in [6.45, 7) is 0. The minimum Gasteiger partial charge on any atom is -0.495 e. The van der Waals surface area contributed by atoms with Gasteiger partial charge in [-0.3, -0.25) is 14.6 Å². The van der Waals surface area contributed by atoms with Crippen LogP contribution in [0.2, 0.25) is 0 Å². The second kappa shape index (κ2) is 7.94. The van der Waals surface area contributed by atoms with Gasteiger partial charge in [-0.25, -0.2) is 0 Å². The Kier molecular flexibility index (Phi) is 5.24. The molecule has 0 aliphatic carbocycles. The van der Waals surface area contributed by atoms with Crippen molar-refractivity contribution in [2.45, 2.75) is 0 Å². The summed E-state index contributed by atoms with van der Waals surface area (Å²) in [4.78, 5) is 28.5. The van der Waals surface area contributed by atoms with Crippen molar-refractivity contribution in [3.05, 3.63) is 84.2 Å². The number of rotatable bonds is 5. The molecule has 0 fully saturated rings. The molecule has 1 heterocycles. The summed E-state index contributed by atoms with van der Waals surface area (Å²) in [6, 6.07) is 17.1. The van der Waals surface area contributed by atoms with E-state index in [9.17, 15) is 9.59 Å². The number of benzene rings is 2. The van der Waals surface area contributed by atoms with Gasteiger partial charge in [-0.1, -0.05) is 18.2 Å². The van der Waals surface area contributed by atoms with Crippen molar-refractivity contribution < 1.29 is 14.3 Å². The lowest BCUT2D eigenvalue weighted by molar-refractivity contribution is 0.101. The number of carbonyl (C=O) groups is 2. The lowest BCUT2D eigenvalue weighted by Crippen LogP contribution is -2.14. The fourth-order valence-corrected chi connectivity index (χ4v) is 2.37. The molecular weight excluding hydrogens is 330 g/mol. The quantitative estimate of drug-likeness (QED) is 0.739. The Hall–Kier alpha value is -3.67. The van der Waals surface area contributed by atoms with Crippen molar-refractivity contribution in [1.29, 1.82) is 0 Å². The SMILES string of the molecule is COc1ccc(NC(=O)c2ccncc2)cc1NC(=O)c1ccccc1. The molecule has 0 atom stereocenters. The van der Waals surface area contributed by atoms with Crippen molar-refractivity contribution in [2.75, 3.05) is 17.7 Å². The van der Waals surface area contributed by atoms with Crippen LogP contribution in [0, 0.1) is 0 Å². The molecule has 3 rings (SSSR count). The summed E-state index contributed by atoms with van der Waals surface area (Å²) in [5, 5.41) is 5.60. The number of carbonyl (C=O) groups excluding carboxylic acids is 2. The van der Waals surface area contributed by atoms with E-state index in [1.807, 2.05) is 6.07 Å². The van der Waals surface area contributed by atoms with E-state index in [4.69, 9.17) is 4.74 Å². The molecule has 0 saturated heterocycles. The third-order valence-corrected chi connectivity index (χ3v) is 3.68. The highest BCUT2D eigenvalue weighted by atomic mass is 16.5. The van der Waals surface area contributed by atoms with E-state index < -0.39 is 0 Å². The van der Waals surface area contributed by atoms with E-state index >= 15 is 0 Å². The molecule has 2 N–H and O–H groups in total. The Morgan fingerprint density at radius 1 is 0.846 bits per heavy atom. The van der Waals surface area contributed by atoms with Gasteiger partial charge in [0, 0.05) is 29.2 Å². The number of pyridine rings is 1. The Morgan fingerprint density at radius 3 is 2.19 bits per heavy atom. The van der Waals surface area contributed by atoms with Crippen LogP contribution in [0.3, 0.4) is 0 Å². The molecule has 0 aliphatic heterocycles. The van der Waals surface area contributed by atoms with Crippen molar-refractivity contribution in [1.82, 2.24) is 4.98 Å². The zero-order valence-electron chi connectivity index (χ0n) is 14.1. The molecule has 3 aromatic rings. The highest BCUT2D eigenvalue weighted by Crippen LogP contribution is 2.28.